The Bertz CT molecular complexity index is 1490. The van der Waals surface area contributed by atoms with Crippen molar-refractivity contribution in [3.63, 3.8) is 0 Å². The van der Waals surface area contributed by atoms with Crippen molar-refractivity contribution in [2.24, 2.45) is 0 Å². The molecule has 1 aliphatic heterocycles. The fraction of sp³-hybridized carbons (Fsp3) is 0.222. The summed E-state index contributed by atoms with van der Waals surface area (Å²) in [5.74, 6) is -0.443. The summed E-state index contributed by atoms with van der Waals surface area (Å²) in [5, 5.41) is 3.31. The number of alkyl halides is 3. The number of carbonyl (C=O) groups is 2. The second kappa shape index (κ2) is 9.61. The first-order chi connectivity index (χ1) is 17.7. The zero-order valence-corrected chi connectivity index (χ0v) is 19.8. The van der Waals surface area contributed by atoms with E-state index in [0.717, 1.165) is 46.1 Å². The molecule has 1 N–H and O–H groups in total. The normalized spacial score (nSPS) is 15.7. The maximum Gasteiger partial charge on any atom is 0.416 e. The molecule has 0 saturated carbocycles. The molecule has 0 spiro atoms. The van der Waals surface area contributed by atoms with Gasteiger partial charge in [0.25, 0.3) is 5.91 Å². The molecule has 3 heterocycles. The molecule has 0 aliphatic carbocycles. The third-order valence-electron chi connectivity index (χ3n) is 6.49. The summed E-state index contributed by atoms with van der Waals surface area (Å²) in [4.78, 5) is 39.1. The summed E-state index contributed by atoms with van der Waals surface area (Å²) in [5.41, 5.74) is 2.71. The van der Waals surface area contributed by atoms with Crippen LogP contribution in [0, 0.1) is 0 Å². The van der Waals surface area contributed by atoms with Gasteiger partial charge < -0.3 is 10.2 Å². The Morgan fingerprint density at radius 2 is 1.86 bits per heavy atom. The van der Waals surface area contributed by atoms with Gasteiger partial charge in [0.1, 0.15) is 12.0 Å². The minimum absolute atomic E-state index is 0.0287. The number of nitrogens with one attached hydrogen (secondary N) is 1. The minimum Gasteiger partial charge on any atom is -0.342 e. The van der Waals surface area contributed by atoms with E-state index in [2.05, 4.69) is 20.3 Å². The van der Waals surface area contributed by atoms with Crippen LogP contribution < -0.4 is 5.32 Å². The molecule has 1 atom stereocenters. The van der Waals surface area contributed by atoms with Gasteiger partial charge in [-0.1, -0.05) is 12.1 Å². The smallest absolute Gasteiger partial charge is 0.342 e. The second-order valence-electron chi connectivity index (χ2n) is 8.94. The van der Waals surface area contributed by atoms with Crippen LogP contribution in [0.2, 0.25) is 0 Å². The van der Waals surface area contributed by atoms with Gasteiger partial charge in [-0.15, -0.1) is 0 Å². The first-order valence-corrected chi connectivity index (χ1v) is 11.6. The average molecular weight is 506 g/mol. The molecule has 5 rings (SSSR count). The van der Waals surface area contributed by atoms with Crippen molar-refractivity contribution in [3.05, 3.63) is 84.1 Å². The number of halogens is 3. The lowest BCUT2D eigenvalue weighted by Gasteiger charge is -2.16. The Kier molecular flexibility index (Phi) is 6.32. The highest BCUT2D eigenvalue weighted by Gasteiger charge is 2.30. The highest BCUT2D eigenvalue weighted by atomic mass is 19.4. The van der Waals surface area contributed by atoms with Crippen molar-refractivity contribution in [2.45, 2.75) is 25.4 Å². The molecule has 7 nitrogen and oxygen atoms in total. The molecule has 2 aromatic heterocycles. The lowest BCUT2D eigenvalue weighted by Crippen LogP contribution is -2.25. The largest absolute Gasteiger partial charge is 0.416 e. The lowest BCUT2D eigenvalue weighted by molar-refractivity contribution is -0.137. The van der Waals surface area contributed by atoms with Gasteiger partial charge in [0.05, 0.1) is 11.1 Å². The van der Waals surface area contributed by atoms with Crippen LogP contribution in [0.25, 0.3) is 22.0 Å². The minimum atomic E-state index is -4.51. The Hall–Kier alpha value is -4.34. The van der Waals surface area contributed by atoms with E-state index in [1.807, 2.05) is 17.0 Å². The van der Waals surface area contributed by atoms with E-state index >= 15 is 0 Å². The number of anilines is 1. The number of fused-ring (bicyclic) bond motifs is 1. The molecular formula is C27H22F3N5O2. The number of nitrogens with zero attached hydrogens (tertiary/aromatic N) is 4. The predicted octanol–water partition coefficient (Wildman–Crippen LogP) is 5.30. The Balaban J connectivity index is 1.41. The van der Waals surface area contributed by atoms with E-state index < -0.39 is 17.6 Å². The molecule has 1 fully saturated rings. The number of amides is 2. The van der Waals surface area contributed by atoms with Gasteiger partial charge in [-0.3, -0.25) is 14.6 Å². The molecular weight excluding hydrogens is 483 g/mol. The van der Waals surface area contributed by atoms with Crippen molar-refractivity contribution >= 4 is 28.4 Å². The fourth-order valence-electron chi connectivity index (χ4n) is 4.58. The number of pyridine rings is 1. The summed E-state index contributed by atoms with van der Waals surface area (Å²) < 4.78 is 38.9. The highest BCUT2D eigenvalue weighted by Crippen LogP contribution is 2.35. The fourth-order valence-corrected chi connectivity index (χ4v) is 4.58. The molecule has 2 aromatic carbocycles. The summed E-state index contributed by atoms with van der Waals surface area (Å²) in [6.45, 7) is 2.87. The molecule has 2 amide bonds. The Labute approximate surface area is 210 Å². The zero-order valence-electron chi connectivity index (χ0n) is 19.8. The lowest BCUT2D eigenvalue weighted by atomic mass is 9.92. The van der Waals surface area contributed by atoms with Gasteiger partial charge in [0, 0.05) is 55.0 Å². The van der Waals surface area contributed by atoms with Gasteiger partial charge in [0.2, 0.25) is 5.91 Å². The van der Waals surface area contributed by atoms with E-state index in [9.17, 15) is 22.8 Å². The zero-order chi connectivity index (χ0) is 26.2. The number of hydrogen-bond acceptors (Lipinski definition) is 5. The number of rotatable bonds is 4. The molecule has 188 valence electrons. The van der Waals surface area contributed by atoms with Crippen LogP contribution in [0.3, 0.4) is 0 Å². The molecule has 37 heavy (non-hydrogen) atoms. The van der Waals surface area contributed by atoms with Gasteiger partial charge >= 0.3 is 6.18 Å². The second-order valence-corrected chi connectivity index (χ2v) is 8.94. The average Bonchev–Trinajstić information content (AvgIpc) is 3.38. The van der Waals surface area contributed by atoms with Crippen LogP contribution in [0.4, 0.5) is 18.9 Å². The number of aromatic nitrogens is 3. The molecule has 4 aromatic rings. The van der Waals surface area contributed by atoms with Gasteiger partial charge in [-0.05, 0) is 53.9 Å². The van der Waals surface area contributed by atoms with Gasteiger partial charge in [-0.25, -0.2) is 9.97 Å². The maximum atomic E-state index is 13.0. The number of benzene rings is 2. The first-order valence-electron chi connectivity index (χ1n) is 11.6. The van der Waals surface area contributed by atoms with Crippen molar-refractivity contribution in [1.29, 1.82) is 0 Å². The molecule has 1 aliphatic rings. The van der Waals surface area contributed by atoms with E-state index in [-0.39, 0.29) is 23.2 Å². The summed E-state index contributed by atoms with van der Waals surface area (Å²) in [6.07, 6.45) is 1.11. The topological polar surface area (TPSA) is 88.1 Å². The molecule has 0 radical (unpaired) electrons. The van der Waals surface area contributed by atoms with E-state index in [4.69, 9.17) is 0 Å². The standard InChI is InChI=1S/C27H22F3N5O2/c1-16(36)35-8-7-18(14-35)23-10-19(9-20-12-31-15-33-25(20)23)17-5-6-24(32-13-17)26(37)34-22-4-2-3-21(11-22)27(28,29)30/h2-6,9-13,15,18H,7-8,14H2,1H3,(H,34,37). The van der Waals surface area contributed by atoms with Crippen LogP contribution in [0.5, 0.6) is 0 Å². The van der Waals surface area contributed by atoms with Crippen LogP contribution in [-0.4, -0.2) is 44.8 Å². The number of carbonyl (C=O) groups excluding carboxylic acids is 2. The van der Waals surface area contributed by atoms with E-state index in [1.54, 1.807) is 25.4 Å². The third-order valence-corrected chi connectivity index (χ3v) is 6.49. The monoisotopic (exact) mass is 505 g/mol. The van der Waals surface area contributed by atoms with Crippen LogP contribution in [0.15, 0.2) is 67.3 Å². The van der Waals surface area contributed by atoms with Crippen LogP contribution >= 0.6 is 0 Å². The SMILES string of the molecule is CC(=O)N1CCC(c2cc(-c3ccc(C(=O)Nc4cccc(C(F)(F)F)c4)nc3)cc3cncnc23)C1. The van der Waals surface area contributed by atoms with Crippen LogP contribution in [0.1, 0.15) is 40.9 Å². The van der Waals surface area contributed by atoms with Gasteiger partial charge in [-0.2, -0.15) is 13.2 Å². The number of likely N-dealkylation sites (tertiary alicyclic amines) is 1. The molecule has 1 unspecified atom stereocenters. The Morgan fingerprint density at radius 1 is 1.03 bits per heavy atom. The first kappa shape index (κ1) is 24.4. The maximum absolute atomic E-state index is 13.0. The van der Waals surface area contributed by atoms with E-state index in [1.165, 1.54) is 24.5 Å². The highest BCUT2D eigenvalue weighted by molar-refractivity contribution is 6.03. The van der Waals surface area contributed by atoms with Crippen LogP contribution in [-0.2, 0) is 11.0 Å². The van der Waals surface area contributed by atoms with Crippen molar-refractivity contribution in [3.8, 4) is 11.1 Å². The summed E-state index contributed by atoms with van der Waals surface area (Å²) in [7, 11) is 0. The predicted molar refractivity (Wildman–Crippen MR) is 132 cm³/mol. The summed E-state index contributed by atoms with van der Waals surface area (Å²) >= 11 is 0. The molecule has 0 bridgehead atoms. The Morgan fingerprint density at radius 3 is 2.57 bits per heavy atom. The quantitative estimate of drug-likeness (QED) is 0.407. The molecule has 1 saturated heterocycles. The number of hydrogen-bond donors (Lipinski definition) is 1. The van der Waals surface area contributed by atoms with Crippen molar-refractivity contribution in [2.75, 3.05) is 18.4 Å². The van der Waals surface area contributed by atoms with E-state index in [0.29, 0.717) is 13.1 Å². The summed E-state index contributed by atoms with van der Waals surface area (Å²) in [6, 6.07) is 11.7. The third kappa shape index (κ3) is 5.13. The van der Waals surface area contributed by atoms with Crippen molar-refractivity contribution < 1.29 is 22.8 Å². The molecule has 10 heteroatoms. The van der Waals surface area contributed by atoms with Gasteiger partial charge in [0.15, 0.2) is 0 Å². The van der Waals surface area contributed by atoms with Crippen molar-refractivity contribution in [1.82, 2.24) is 19.9 Å².